The van der Waals surface area contributed by atoms with E-state index in [1.807, 2.05) is 29.2 Å². The summed E-state index contributed by atoms with van der Waals surface area (Å²) in [5, 5.41) is 3.92. The average Bonchev–Trinajstić information content (AvgIpc) is 3.29. The van der Waals surface area contributed by atoms with Gasteiger partial charge in [0.05, 0.1) is 23.5 Å². The van der Waals surface area contributed by atoms with Crippen molar-refractivity contribution >= 4 is 23.0 Å². The summed E-state index contributed by atoms with van der Waals surface area (Å²) in [6.07, 6.45) is 1.78. The topological polar surface area (TPSA) is 33.1 Å². The minimum atomic E-state index is -0.304. The third-order valence-corrected chi connectivity index (χ3v) is 6.78. The zero-order valence-corrected chi connectivity index (χ0v) is 20.5. The van der Waals surface area contributed by atoms with Crippen LogP contribution in [-0.4, -0.2) is 14.7 Å². The Hall–Kier alpha value is -3.51. The smallest absolute Gasteiger partial charge is 0.174 e. The first-order chi connectivity index (χ1) is 16.3. The zero-order chi connectivity index (χ0) is 24.0. The summed E-state index contributed by atoms with van der Waals surface area (Å²) in [5.41, 5.74) is 8.18. The van der Waals surface area contributed by atoms with Crippen LogP contribution in [0.15, 0.2) is 72.9 Å². The van der Waals surface area contributed by atoms with Gasteiger partial charge in [0.15, 0.2) is 5.11 Å². The SMILES string of the molecule is Cc1cc(C)cc(-n2c(C)cc([C@H]3[C@@H](c4ccccn4)NC(=S)N3c3ccccc3F)c2C)c1. The van der Waals surface area contributed by atoms with Crippen LogP contribution in [0.25, 0.3) is 5.69 Å². The number of anilines is 1. The minimum Gasteiger partial charge on any atom is -0.351 e. The van der Waals surface area contributed by atoms with Crippen LogP contribution in [0.1, 0.15) is 45.9 Å². The van der Waals surface area contributed by atoms with Crippen LogP contribution < -0.4 is 10.2 Å². The third-order valence-electron chi connectivity index (χ3n) is 6.46. The lowest BCUT2D eigenvalue weighted by Gasteiger charge is -2.28. The second kappa shape index (κ2) is 8.69. The van der Waals surface area contributed by atoms with Crippen molar-refractivity contribution in [2.24, 2.45) is 0 Å². The predicted molar refractivity (Wildman–Crippen MR) is 139 cm³/mol. The normalized spacial score (nSPS) is 17.8. The highest BCUT2D eigenvalue weighted by Gasteiger charge is 2.43. The summed E-state index contributed by atoms with van der Waals surface area (Å²) in [5.74, 6) is -0.304. The first kappa shape index (κ1) is 22.3. The van der Waals surface area contributed by atoms with Crippen molar-refractivity contribution in [3.05, 3.63) is 113 Å². The molecule has 34 heavy (non-hydrogen) atoms. The predicted octanol–water partition coefficient (Wildman–Crippen LogP) is 6.42. The van der Waals surface area contributed by atoms with E-state index in [2.05, 4.69) is 66.8 Å². The van der Waals surface area contributed by atoms with Crippen LogP contribution >= 0.6 is 12.2 Å². The minimum absolute atomic E-state index is 0.221. The van der Waals surface area contributed by atoms with E-state index in [0.717, 1.165) is 28.3 Å². The first-order valence-electron chi connectivity index (χ1n) is 11.4. The van der Waals surface area contributed by atoms with E-state index >= 15 is 4.39 Å². The van der Waals surface area contributed by atoms with Gasteiger partial charge in [0, 0.05) is 23.3 Å². The van der Waals surface area contributed by atoms with E-state index in [9.17, 15) is 0 Å². The Morgan fingerprint density at radius 3 is 2.29 bits per heavy atom. The van der Waals surface area contributed by atoms with Crippen molar-refractivity contribution in [2.45, 2.75) is 39.8 Å². The molecule has 1 aliphatic rings. The van der Waals surface area contributed by atoms with Gasteiger partial charge in [0.25, 0.3) is 0 Å². The molecular formula is C28H27FN4S. The molecule has 1 aliphatic heterocycles. The fraction of sp³-hybridized carbons (Fsp3) is 0.214. The van der Waals surface area contributed by atoms with Gasteiger partial charge in [-0.1, -0.05) is 24.3 Å². The van der Waals surface area contributed by atoms with E-state index in [4.69, 9.17) is 12.2 Å². The van der Waals surface area contributed by atoms with Gasteiger partial charge in [0.1, 0.15) is 5.82 Å². The van der Waals surface area contributed by atoms with Gasteiger partial charge in [-0.3, -0.25) is 4.98 Å². The number of aromatic nitrogens is 2. The van der Waals surface area contributed by atoms with Gasteiger partial charge >= 0.3 is 0 Å². The number of aryl methyl sites for hydroxylation is 3. The highest BCUT2D eigenvalue weighted by Crippen LogP contribution is 2.44. The number of rotatable bonds is 4. The van der Waals surface area contributed by atoms with E-state index in [0.29, 0.717) is 10.8 Å². The van der Waals surface area contributed by atoms with Crippen molar-refractivity contribution in [2.75, 3.05) is 4.90 Å². The van der Waals surface area contributed by atoms with Gasteiger partial charge in [-0.2, -0.15) is 0 Å². The van der Waals surface area contributed by atoms with Crippen LogP contribution in [0.2, 0.25) is 0 Å². The van der Waals surface area contributed by atoms with E-state index in [-0.39, 0.29) is 17.9 Å². The van der Waals surface area contributed by atoms with E-state index in [1.165, 1.54) is 17.2 Å². The summed E-state index contributed by atoms with van der Waals surface area (Å²) in [6, 6.07) is 20.9. The second-order valence-electron chi connectivity index (χ2n) is 8.96. The van der Waals surface area contributed by atoms with Crippen LogP contribution in [0.4, 0.5) is 10.1 Å². The molecule has 1 saturated heterocycles. The van der Waals surface area contributed by atoms with Crippen LogP contribution in [0.5, 0.6) is 0 Å². The molecule has 3 heterocycles. The average molecular weight is 471 g/mol. The number of hydrogen-bond donors (Lipinski definition) is 1. The molecule has 0 radical (unpaired) electrons. The summed E-state index contributed by atoms with van der Waals surface area (Å²) in [7, 11) is 0. The molecule has 1 N–H and O–H groups in total. The Bertz CT molecular complexity index is 1360. The summed E-state index contributed by atoms with van der Waals surface area (Å²) in [6.45, 7) is 8.46. The van der Waals surface area contributed by atoms with E-state index in [1.54, 1.807) is 18.3 Å². The fourth-order valence-corrected chi connectivity index (χ4v) is 5.48. The largest absolute Gasteiger partial charge is 0.351 e. The van der Waals surface area contributed by atoms with Crippen molar-refractivity contribution in [3.8, 4) is 5.69 Å². The Morgan fingerprint density at radius 2 is 1.62 bits per heavy atom. The van der Waals surface area contributed by atoms with Crippen molar-refractivity contribution < 1.29 is 4.39 Å². The summed E-state index contributed by atoms with van der Waals surface area (Å²) >= 11 is 5.76. The molecule has 0 saturated carbocycles. The van der Waals surface area contributed by atoms with Crippen LogP contribution in [0, 0.1) is 33.5 Å². The highest BCUT2D eigenvalue weighted by atomic mass is 32.1. The number of nitrogens with zero attached hydrogens (tertiary/aromatic N) is 3. The second-order valence-corrected chi connectivity index (χ2v) is 9.34. The lowest BCUT2D eigenvalue weighted by Crippen LogP contribution is -2.30. The number of halogens is 1. The Kier molecular flexibility index (Phi) is 5.70. The monoisotopic (exact) mass is 470 g/mol. The molecule has 2 aromatic heterocycles. The van der Waals surface area contributed by atoms with Gasteiger partial charge in [0.2, 0.25) is 0 Å². The maximum atomic E-state index is 15.0. The number of para-hydroxylation sites is 1. The molecule has 0 amide bonds. The number of thiocarbonyl (C=S) groups is 1. The molecule has 0 aliphatic carbocycles. The molecule has 6 heteroatoms. The maximum absolute atomic E-state index is 15.0. The van der Waals surface area contributed by atoms with Gasteiger partial charge in [-0.05, 0) is 99.1 Å². The van der Waals surface area contributed by atoms with Gasteiger partial charge in [-0.25, -0.2) is 4.39 Å². The van der Waals surface area contributed by atoms with Crippen molar-refractivity contribution in [1.29, 1.82) is 0 Å². The Balaban J connectivity index is 1.71. The molecule has 4 nitrogen and oxygen atoms in total. The fourth-order valence-electron chi connectivity index (χ4n) is 5.14. The summed E-state index contributed by atoms with van der Waals surface area (Å²) < 4.78 is 17.3. The first-order valence-corrected chi connectivity index (χ1v) is 11.8. The van der Waals surface area contributed by atoms with Gasteiger partial charge < -0.3 is 14.8 Å². The Morgan fingerprint density at radius 1 is 0.912 bits per heavy atom. The molecule has 0 bridgehead atoms. The number of pyridine rings is 1. The zero-order valence-electron chi connectivity index (χ0n) is 19.7. The highest BCUT2D eigenvalue weighted by molar-refractivity contribution is 7.80. The molecule has 172 valence electrons. The maximum Gasteiger partial charge on any atom is 0.174 e. The molecular weight excluding hydrogens is 443 g/mol. The van der Waals surface area contributed by atoms with E-state index < -0.39 is 0 Å². The van der Waals surface area contributed by atoms with Crippen molar-refractivity contribution in [1.82, 2.24) is 14.9 Å². The Labute approximate surface area is 205 Å². The molecule has 2 aromatic carbocycles. The number of benzene rings is 2. The lowest BCUT2D eigenvalue weighted by molar-refractivity contribution is 0.556. The molecule has 0 unspecified atom stereocenters. The molecule has 1 fully saturated rings. The molecule has 4 aromatic rings. The summed E-state index contributed by atoms with van der Waals surface area (Å²) in [4.78, 5) is 6.51. The third kappa shape index (κ3) is 3.78. The quantitative estimate of drug-likeness (QED) is 0.349. The molecule has 0 spiro atoms. The molecule has 2 atom stereocenters. The van der Waals surface area contributed by atoms with Crippen molar-refractivity contribution in [3.63, 3.8) is 0 Å². The number of hydrogen-bond acceptors (Lipinski definition) is 2. The molecule has 5 rings (SSSR count). The standard InChI is InChI=1S/C28H27FN4S/c1-17-13-18(2)15-21(14-17)32-19(3)16-22(20(32)4)27-26(24-10-7-8-12-30-24)31-28(34)33(27)25-11-6-5-9-23(25)29/h5-16,26-27H,1-4H3,(H,31,34)/t26-,27+/m1/s1. The lowest BCUT2D eigenvalue weighted by atomic mass is 9.96. The number of nitrogens with one attached hydrogen (secondary N) is 1. The van der Waals surface area contributed by atoms with Crippen LogP contribution in [-0.2, 0) is 0 Å². The van der Waals surface area contributed by atoms with Crippen LogP contribution in [0.3, 0.4) is 0 Å². The van der Waals surface area contributed by atoms with Gasteiger partial charge in [-0.15, -0.1) is 0 Å².